The molecule has 0 rings (SSSR count). The fourth-order valence-electron chi connectivity index (χ4n) is 0.302. The minimum absolute atomic E-state index is 0.290. The highest BCUT2D eigenvalue weighted by atomic mass is 32.2. The Morgan fingerprint density at radius 2 is 2.38 bits per heavy atom. The van der Waals surface area contributed by atoms with Crippen LogP contribution in [0.2, 0.25) is 0 Å². The molecule has 0 aromatic carbocycles. The SMILES string of the molecule is CSC(C)OCCN. The molecule has 0 fully saturated rings. The molecule has 0 spiro atoms. The molecule has 0 bridgehead atoms. The lowest BCUT2D eigenvalue weighted by molar-refractivity contribution is 0.131. The van der Waals surface area contributed by atoms with E-state index in [1.807, 2.05) is 13.2 Å². The van der Waals surface area contributed by atoms with Gasteiger partial charge in [-0.2, -0.15) is 0 Å². The fraction of sp³-hybridized carbons (Fsp3) is 1.00. The molecule has 0 aliphatic carbocycles. The molecule has 0 radical (unpaired) electrons. The van der Waals surface area contributed by atoms with Crippen molar-refractivity contribution in [3.63, 3.8) is 0 Å². The van der Waals surface area contributed by atoms with Crippen molar-refractivity contribution in [2.45, 2.75) is 12.4 Å². The lowest BCUT2D eigenvalue weighted by Crippen LogP contribution is -2.12. The minimum Gasteiger partial charge on any atom is -0.367 e. The molecule has 50 valence electrons. The van der Waals surface area contributed by atoms with Gasteiger partial charge < -0.3 is 10.5 Å². The van der Waals surface area contributed by atoms with Gasteiger partial charge in [0.05, 0.1) is 12.0 Å². The largest absolute Gasteiger partial charge is 0.367 e. The van der Waals surface area contributed by atoms with E-state index in [4.69, 9.17) is 10.5 Å². The summed E-state index contributed by atoms with van der Waals surface area (Å²) in [5.41, 5.74) is 5.49. The van der Waals surface area contributed by atoms with Gasteiger partial charge in [0, 0.05) is 6.54 Å². The van der Waals surface area contributed by atoms with E-state index in [1.54, 1.807) is 11.8 Å². The van der Waals surface area contributed by atoms with Gasteiger partial charge in [0.15, 0.2) is 0 Å². The van der Waals surface area contributed by atoms with Gasteiger partial charge in [0.1, 0.15) is 0 Å². The van der Waals surface area contributed by atoms with Crippen molar-refractivity contribution in [1.82, 2.24) is 0 Å². The zero-order valence-electron chi connectivity index (χ0n) is 5.39. The van der Waals surface area contributed by atoms with E-state index in [2.05, 4.69) is 0 Å². The second kappa shape index (κ2) is 5.41. The van der Waals surface area contributed by atoms with Crippen molar-refractivity contribution in [3.05, 3.63) is 0 Å². The zero-order valence-corrected chi connectivity index (χ0v) is 6.20. The van der Waals surface area contributed by atoms with Crippen molar-refractivity contribution in [1.29, 1.82) is 0 Å². The van der Waals surface area contributed by atoms with Crippen molar-refractivity contribution in [3.8, 4) is 0 Å². The number of hydrogen-bond acceptors (Lipinski definition) is 3. The molecule has 0 saturated carbocycles. The second-order valence-electron chi connectivity index (χ2n) is 1.46. The molecule has 3 heteroatoms. The van der Waals surface area contributed by atoms with Crippen LogP contribution in [0.5, 0.6) is 0 Å². The number of ether oxygens (including phenoxy) is 1. The number of rotatable bonds is 4. The van der Waals surface area contributed by atoms with E-state index >= 15 is 0 Å². The predicted octanol–water partition coefficient (Wildman–Crippen LogP) is 0.671. The monoisotopic (exact) mass is 135 g/mol. The Kier molecular flexibility index (Phi) is 5.59. The summed E-state index contributed by atoms with van der Waals surface area (Å²) in [7, 11) is 0. The van der Waals surface area contributed by atoms with E-state index in [0.717, 1.165) is 0 Å². The molecule has 0 aliphatic rings. The quantitative estimate of drug-likeness (QED) is 0.575. The summed E-state index contributed by atoms with van der Waals surface area (Å²) in [6, 6.07) is 0. The van der Waals surface area contributed by atoms with Crippen LogP contribution in [0, 0.1) is 0 Å². The summed E-state index contributed by atoms with van der Waals surface area (Å²) in [4.78, 5) is 0. The first-order valence-electron chi connectivity index (χ1n) is 2.65. The normalized spacial score (nSPS) is 13.9. The molecule has 2 nitrogen and oxygen atoms in total. The molecule has 0 heterocycles. The van der Waals surface area contributed by atoms with Crippen LogP contribution >= 0.6 is 11.8 Å². The molecule has 0 aromatic rings. The van der Waals surface area contributed by atoms with Crippen LogP contribution in [-0.4, -0.2) is 24.8 Å². The van der Waals surface area contributed by atoms with Gasteiger partial charge in [0.2, 0.25) is 0 Å². The zero-order chi connectivity index (χ0) is 6.41. The molecule has 0 amide bonds. The number of thioether (sulfide) groups is 1. The smallest absolute Gasteiger partial charge is 0.0997 e. The molecule has 1 unspecified atom stereocenters. The minimum atomic E-state index is 0.290. The van der Waals surface area contributed by atoms with Crippen LogP contribution in [0.15, 0.2) is 0 Å². The van der Waals surface area contributed by atoms with Gasteiger partial charge in [-0.3, -0.25) is 0 Å². The standard InChI is InChI=1S/C5H13NOS/c1-5(8-2)7-4-3-6/h5H,3-4,6H2,1-2H3. The van der Waals surface area contributed by atoms with Crippen LogP contribution in [-0.2, 0) is 4.74 Å². The van der Waals surface area contributed by atoms with E-state index in [0.29, 0.717) is 18.6 Å². The van der Waals surface area contributed by atoms with Crippen LogP contribution in [0.1, 0.15) is 6.92 Å². The Labute approximate surface area is 54.8 Å². The van der Waals surface area contributed by atoms with Gasteiger partial charge in [-0.15, -0.1) is 11.8 Å². The molecule has 2 N–H and O–H groups in total. The summed E-state index contributed by atoms with van der Waals surface area (Å²) in [5.74, 6) is 0. The average Bonchev–Trinajstić information content (AvgIpc) is 1.83. The fourth-order valence-corrected chi connectivity index (χ4v) is 0.534. The van der Waals surface area contributed by atoms with Gasteiger partial charge in [-0.1, -0.05) is 0 Å². The summed E-state index contributed by atoms with van der Waals surface area (Å²) >= 11 is 1.69. The molecule has 1 atom stereocenters. The Morgan fingerprint density at radius 1 is 1.75 bits per heavy atom. The van der Waals surface area contributed by atoms with E-state index in [1.165, 1.54) is 0 Å². The van der Waals surface area contributed by atoms with Crippen molar-refractivity contribution in [2.75, 3.05) is 19.4 Å². The lowest BCUT2D eigenvalue weighted by atomic mass is 10.7. The third-order valence-electron chi connectivity index (χ3n) is 0.802. The van der Waals surface area contributed by atoms with E-state index in [-0.39, 0.29) is 0 Å². The van der Waals surface area contributed by atoms with Crippen LogP contribution in [0.4, 0.5) is 0 Å². The first-order chi connectivity index (χ1) is 3.81. The Balaban J connectivity index is 2.86. The summed E-state index contributed by atoms with van der Waals surface area (Å²) in [5, 5.41) is 0. The second-order valence-corrected chi connectivity index (χ2v) is 2.60. The van der Waals surface area contributed by atoms with Crippen molar-refractivity contribution < 1.29 is 4.74 Å². The highest BCUT2D eigenvalue weighted by Crippen LogP contribution is 2.04. The lowest BCUT2D eigenvalue weighted by Gasteiger charge is -2.07. The molecule has 0 aromatic heterocycles. The molecule has 0 saturated heterocycles. The first-order valence-corrected chi connectivity index (χ1v) is 3.94. The molecule has 8 heavy (non-hydrogen) atoms. The Morgan fingerprint density at radius 3 is 2.75 bits per heavy atom. The highest BCUT2D eigenvalue weighted by molar-refractivity contribution is 7.99. The average molecular weight is 135 g/mol. The van der Waals surface area contributed by atoms with Crippen LogP contribution in [0.3, 0.4) is 0 Å². The summed E-state index contributed by atoms with van der Waals surface area (Å²) in [6.45, 7) is 3.30. The van der Waals surface area contributed by atoms with Crippen LogP contribution in [0.25, 0.3) is 0 Å². The van der Waals surface area contributed by atoms with Gasteiger partial charge in [-0.25, -0.2) is 0 Å². The number of hydrogen-bond donors (Lipinski definition) is 1. The maximum absolute atomic E-state index is 5.20. The van der Waals surface area contributed by atoms with E-state index in [9.17, 15) is 0 Å². The first kappa shape index (κ1) is 8.27. The third-order valence-corrected chi connectivity index (χ3v) is 1.60. The Bertz CT molecular complexity index is 51.7. The van der Waals surface area contributed by atoms with Gasteiger partial charge >= 0.3 is 0 Å². The predicted molar refractivity (Wildman–Crippen MR) is 38.0 cm³/mol. The highest BCUT2D eigenvalue weighted by Gasteiger charge is 1.94. The topological polar surface area (TPSA) is 35.2 Å². The van der Waals surface area contributed by atoms with Crippen molar-refractivity contribution in [2.24, 2.45) is 5.73 Å². The maximum Gasteiger partial charge on any atom is 0.0997 e. The number of nitrogens with two attached hydrogens (primary N) is 1. The van der Waals surface area contributed by atoms with Gasteiger partial charge in [0.25, 0.3) is 0 Å². The van der Waals surface area contributed by atoms with Crippen LogP contribution < -0.4 is 5.73 Å². The molecular formula is C5H13NOS. The van der Waals surface area contributed by atoms with E-state index < -0.39 is 0 Å². The van der Waals surface area contributed by atoms with Crippen molar-refractivity contribution >= 4 is 11.8 Å². The molecule has 0 aliphatic heterocycles. The summed E-state index contributed by atoms with van der Waals surface area (Å²) in [6.07, 6.45) is 2.02. The third kappa shape index (κ3) is 4.43. The maximum atomic E-state index is 5.20. The summed E-state index contributed by atoms with van der Waals surface area (Å²) < 4.78 is 5.18. The van der Waals surface area contributed by atoms with Gasteiger partial charge in [-0.05, 0) is 13.2 Å². The Hall–Kier alpha value is 0.270. The molecular weight excluding hydrogens is 122 g/mol.